The second-order valence-corrected chi connectivity index (χ2v) is 10.8. The van der Waals surface area contributed by atoms with E-state index in [1.54, 1.807) is 7.11 Å². The number of amides is 2. The van der Waals surface area contributed by atoms with E-state index in [1.165, 1.54) is 5.56 Å². The highest BCUT2D eigenvalue weighted by Gasteiger charge is 2.25. The third kappa shape index (κ3) is 7.42. The average molecular weight is 542 g/mol. The Labute approximate surface area is 236 Å². The maximum atomic E-state index is 13.4. The first-order valence-corrected chi connectivity index (χ1v) is 14.3. The second kappa shape index (κ2) is 13.5. The van der Waals surface area contributed by atoms with Gasteiger partial charge in [-0.05, 0) is 79.5 Å². The van der Waals surface area contributed by atoms with Crippen LogP contribution in [0.25, 0.3) is 0 Å². The normalized spacial score (nSPS) is 17.4. The van der Waals surface area contributed by atoms with Crippen LogP contribution >= 0.6 is 0 Å². The van der Waals surface area contributed by atoms with Gasteiger partial charge in [0.05, 0.1) is 25.2 Å². The van der Waals surface area contributed by atoms with Crippen LogP contribution in [0.15, 0.2) is 72.8 Å². The van der Waals surface area contributed by atoms with Gasteiger partial charge in [0.25, 0.3) is 5.91 Å². The highest BCUT2D eigenvalue weighted by molar-refractivity contribution is 6.02. The van der Waals surface area contributed by atoms with Crippen molar-refractivity contribution in [3.63, 3.8) is 0 Å². The Hall–Kier alpha value is -3.84. The van der Waals surface area contributed by atoms with Crippen LogP contribution in [0.2, 0.25) is 0 Å². The summed E-state index contributed by atoms with van der Waals surface area (Å²) in [4.78, 5) is 28.6. The fourth-order valence-corrected chi connectivity index (χ4v) is 5.64. The summed E-state index contributed by atoms with van der Waals surface area (Å²) in [5, 5.41) is 6.06. The van der Waals surface area contributed by atoms with Crippen LogP contribution in [0, 0.1) is 5.92 Å². The molecule has 1 unspecified atom stereocenters. The van der Waals surface area contributed by atoms with Gasteiger partial charge in [0, 0.05) is 37.6 Å². The summed E-state index contributed by atoms with van der Waals surface area (Å²) < 4.78 is 10.9. The maximum Gasteiger partial charge on any atom is 0.253 e. The summed E-state index contributed by atoms with van der Waals surface area (Å²) >= 11 is 0. The first-order chi connectivity index (χ1) is 19.6. The van der Waals surface area contributed by atoms with Gasteiger partial charge in [-0.15, -0.1) is 0 Å². The summed E-state index contributed by atoms with van der Waals surface area (Å²) in [7, 11) is 1.62. The van der Waals surface area contributed by atoms with Gasteiger partial charge in [-0.3, -0.25) is 9.59 Å². The average Bonchev–Trinajstić information content (AvgIpc) is 3.51. The standard InChI is InChI=1S/C33H39N3O4/c1-39-28-12-9-25(10-13-28)21-32(37)35-27-11-14-31(30(22-27)33(38)34-23-29-8-5-19-40-29)36-17-15-26(16-18-36)20-24-6-3-2-4-7-24/h2-4,6-7,9-14,22,26,29H,5,8,15-21,23H2,1H3,(H,34,38)(H,35,37). The Morgan fingerprint density at radius 3 is 2.42 bits per heavy atom. The number of piperidine rings is 1. The lowest BCUT2D eigenvalue weighted by molar-refractivity contribution is -0.115. The summed E-state index contributed by atoms with van der Waals surface area (Å²) in [5.74, 6) is 1.11. The topological polar surface area (TPSA) is 79.9 Å². The number of carbonyl (C=O) groups excluding carboxylic acids is 2. The van der Waals surface area contributed by atoms with Gasteiger partial charge in [0.1, 0.15) is 5.75 Å². The number of hydrogen-bond donors (Lipinski definition) is 2. The second-order valence-electron chi connectivity index (χ2n) is 10.8. The number of benzene rings is 3. The minimum atomic E-state index is -0.136. The zero-order valence-corrected chi connectivity index (χ0v) is 23.2. The van der Waals surface area contributed by atoms with Crippen molar-refractivity contribution in [2.45, 2.75) is 44.6 Å². The van der Waals surface area contributed by atoms with Crippen LogP contribution in [-0.2, 0) is 22.4 Å². The van der Waals surface area contributed by atoms with E-state index in [2.05, 4.69) is 45.9 Å². The molecule has 1 atom stereocenters. The van der Waals surface area contributed by atoms with Crippen molar-refractivity contribution >= 4 is 23.2 Å². The molecule has 2 aliphatic rings. The molecule has 5 rings (SSSR count). The van der Waals surface area contributed by atoms with Crippen LogP contribution in [0.3, 0.4) is 0 Å². The molecule has 0 saturated carbocycles. The molecule has 2 heterocycles. The molecule has 3 aromatic carbocycles. The van der Waals surface area contributed by atoms with E-state index >= 15 is 0 Å². The van der Waals surface area contributed by atoms with E-state index in [0.29, 0.717) is 23.7 Å². The van der Waals surface area contributed by atoms with Crippen molar-refractivity contribution in [1.82, 2.24) is 5.32 Å². The minimum absolute atomic E-state index is 0.0634. The Kier molecular flexibility index (Phi) is 9.34. The molecule has 210 valence electrons. The number of nitrogens with one attached hydrogen (secondary N) is 2. The zero-order chi connectivity index (χ0) is 27.7. The van der Waals surface area contributed by atoms with Gasteiger partial charge in [-0.25, -0.2) is 0 Å². The van der Waals surface area contributed by atoms with Gasteiger partial charge >= 0.3 is 0 Å². The van der Waals surface area contributed by atoms with E-state index < -0.39 is 0 Å². The summed E-state index contributed by atoms with van der Waals surface area (Å²) in [6.07, 6.45) is 5.53. The van der Waals surface area contributed by atoms with Gasteiger partial charge in [0.15, 0.2) is 0 Å². The first-order valence-electron chi connectivity index (χ1n) is 14.3. The number of rotatable bonds is 10. The quantitative estimate of drug-likeness (QED) is 0.367. The predicted octanol–water partition coefficient (Wildman–Crippen LogP) is 5.24. The van der Waals surface area contributed by atoms with Crippen LogP contribution < -0.4 is 20.3 Å². The van der Waals surface area contributed by atoms with Crippen molar-refractivity contribution in [3.05, 3.63) is 89.5 Å². The minimum Gasteiger partial charge on any atom is -0.497 e. The molecule has 2 N–H and O–H groups in total. The number of hydrogen-bond acceptors (Lipinski definition) is 5. The molecule has 7 heteroatoms. The van der Waals surface area contributed by atoms with Gasteiger partial charge < -0.3 is 25.0 Å². The van der Waals surface area contributed by atoms with Gasteiger partial charge in [-0.1, -0.05) is 42.5 Å². The number of carbonyl (C=O) groups is 2. The Morgan fingerprint density at radius 1 is 0.950 bits per heavy atom. The van der Waals surface area contributed by atoms with Crippen LogP contribution in [0.5, 0.6) is 5.75 Å². The van der Waals surface area contributed by atoms with E-state index in [9.17, 15) is 9.59 Å². The van der Waals surface area contributed by atoms with Crippen LogP contribution in [-0.4, -0.2) is 51.3 Å². The van der Waals surface area contributed by atoms with Crippen molar-refractivity contribution in [1.29, 1.82) is 0 Å². The molecule has 0 aromatic heterocycles. The maximum absolute atomic E-state index is 13.4. The van der Waals surface area contributed by atoms with Gasteiger partial charge in [-0.2, -0.15) is 0 Å². The highest BCUT2D eigenvalue weighted by atomic mass is 16.5. The Morgan fingerprint density at radius 2 is 1.73 bits per heavy atom. The zero-order valence-electron chi connectivity index (χ0n) is 23.2. The van der Waals surface area contributed by atoms with E-state index in [0.717, 1.165) is 68.8 Å². The van der Waals surface area contributed by atoms with Crippen molar-refractivity contribution in [2.24, 2.45) is 5.92 Å². The van der Waals surface area contributed by atoms with Crippen LogP contribution in [0.1, 0.15) is 47.2 Å². The third-order valence-electron chi connectivity index (χ3n) is 7.89. The number of methoxy groups -OCH3 is 1. The lowest BCUT2D eigenvalue weighted by Crippen LogP contribution is -2.37. The molecule has 40 heavy (non-hydrogen) atoms. The number of anilines is 2. The molecule has 2 aliphatic heterocycles. The molecule has 0 radical (unpaired) electrons. The predicted molar refractivity (Wildman–Crippen MR) is 158 cm³/mol. The third-order valence-corrected chi connectivity index (χ3v) is 7.89. The van der Waals surface area contributed by atoms with Gasteiger partial charge in [0.2, 0.25) is 5.91 Å². The molecule has 2 saturated heterocycles. The fraction of sp³-hybridized carbons (Fsp3) is 0.394. The van der Waals surface area contributed by atoms with E-state index in [4.69, 9.17) is 9.47 Å². The summed E-state index contributed by atoms with van der Waals surface area (Å²) in [6, 6.07) is 23.8. The van der Waals surface area contributed by atoms with E-state index in [-0.39, 0.29) is 24.3 Å². The van der Waals surface area contributed by atoms with E-state index in [1.807, 2.05) is 42.5 Å². The molecular weight excluding hydrogens is 502 g/mol. The molecule has 3 aromatic rings. The SMILES string of the molecule is COc1ccc(CC(=O)Nc2ccc(N3CCC(Cc4ccccc4)CC3)c(C(=O)NCC3CCCO3)c2)cc1. The summed E-state index contributed by atoms with van der Waals surface area (Å²) in [6.45, 7) is 3.03. The number of ether oxygens (including phenoxy) is 2. The highest BCUT2D eigenvalue weighted by Crippen LogP contribution is 2.30. The van der Waals surface area contributed by atoms with Crippen molar-refractivity contribution < 1.29 is 19.1 Å². The lowest BCUT2D eigenvalue weighted by Gasteiger charge is -2.35. The largest absolute Gasteiger partial charge is 0.497 e. The summed E-state index contributed by atoms with van der Waals surface area (Å²) in [5.41, 5.74) is 4.38. The molecule has 0 spiro atoms. The van der Waals surface area contributed by atoms with Crippen LogP contribution in [0.4, 0.5) is 11.4 Å². The molecule has 0 bridgehead atoms. The fourth-order valence-electron chi connectivity index (χ4n) is 5.64. The first kappa shape index (κ1) is 27.7. The molecule has 2 fully saturated rings. The van der Waals surface area contributed by atoms with Crippen molar-refractivity contribution in [2.75, 3.05) is 43.6 Å². The lowest BCUT2D eigenvalue weighted by atomic mass is 9.89. The van der Waals surface area contributed by atoms with Crippen molar-refractivity contribution in [3.8, 4) is 5.75 Å². The smallest absolute Gasteiger partial charge is 0.253 e. The number of nitrogens with zero attached hydrogens (tertiary/aromatic N) is 1. The molecule has 2 amide bonds. The Balaban J connectivity index is 1.27. The molecular formula is C33H39N3O4. The monoisotopic (exact) mass is 541 g/mol. The Bertz CT molecular complexity index is 1260. The molecule has 7 nitrogen and oxygen atoms in total. The molecule has 0 aliphatic carbocycles.